The van der Waals surface area contributed by atoms with Gasteiger partial charge in [-0.15, -0.1) is 0 Å². The highest BCUT2D eigenvalue weighted by Gasteiger charge is 2.38. The highest BCUT2D eigenvalue weighted by Crippen LogP contribution is 2.41. The summed E-state index contributed by atoms with van der Waals surface area (Å²) in [6.45, 7) is 6.36. The van der Waals surface area contributed by atoms with E-state index in [1.165, 1.54) is 0 Å². The minimum absolute atomic E-state index is 0.366. The van der Waals surface area contributed by atoms with Gasteiger partial charge in [-0.05, 0) is 20.3 Å². The van der Waals surface area contributed by atoms with Crippen LogP contribution in [0.3, 0.4) is 0 Å². The molecule has 0 saturated carbocycles. The zero-order valence-corrected chi connectivity index (χ0v) is 12.9. The van der Waals surface area contributed by atoms with Crippen molar-refractivity contribution in [2.75, 3.05) is 18.9 Å². The molecule has 1 aromatic heterocycles. The Morgan fingerprint density at radius 3 is 2.81 bits per heavy atom. The van der Waals surface area contributed by atoms with E-state index in [2.05, 4.69) is 28.3 Å². The normalized spacial score (nSPS) is 20.1. The van der Waals surface area contributed by atoms with Gasteiger partial charge in [-0.25, -0.2) is 9.98 Å². The van der Waals surface area contributed by atoms with Crippen LogP contribution in [0, 0.1) is 18.3 Å². The number of hydrogen-bond donors (Lipinski definition) is 2. The molecule has 2 rings (SSSR count). The van der Waals surface area contributed by atoms with Crippen LogP contribution in [0.25, 0.3) is 0 Å². The largest absolute Gasteiger partial charge is 0.372 e. The van der Waals surface area contributed by atoms with Crippen LogP contribution in [0.1, 0.15) is 43.5 Å². The fourth-order valence-electron chi connectivity index (χ4n) is 2.66. The smallest absolute Gasteiger partial charge is 0.166 e. The summed E-state index contributed by atoms with van der Waals surface area (Å²) in [6, 6.07) is 2.13. The molecule has 112 valence electrons. The number of unbranched alkanes of at least 4 members (excludes halogenated alkanes) is 1. The fraction of sp³-hybridized carbons (Fsp3) is 0.533. The first-order valence-corrected chi connectivity index (χ1v) is 7.13. The Labute approximate surface area is 125 Å². The van der Waals surface area contributed by atoms with E-state index in [-0.39, 0.29) is 0 Å². The van der Waals surface area contributed by atoms with Crippen molar-refractivity contribution in [2.24, 2.45) is 4.99 Å². The summed E-state index contributed by atoms with van der Waals surface area (Å²) in [6.07, 6.45) is 3.62. The molecule has 0 saturated heterocycles. The number of pyridine rings is 1. The Morgan fingerprint density at radius 2 is 2.24 bits per heavy atom. The maximum absolute atomic E-state index is 10.9. The van der Waals surface area contributed by atoms with Crippen LogP contribution >= 0.6 is 0 Å². The van der Waals surface area contributed by atoms with Crippen molar-refractivity contribution in [1.82, 2.24) is 9.88 Å². The molecule has 0 aromatic carbocycles. The number of nitriles is 1. The van der Waals surface area contributed by atoms with Gasteiger partial charge >= 0.3 is 0 Å². The third kappa shape index (κ3) is 2.45. The van der Waals surface area contributed by atoms with E-state index in [1.54, 1.807) is 25.2 Å². The highest BCUT2D eigenvalue weighted by atomic mass is 16.3. The quantitative estimate of drug-likeness (QED) is 0.887. The predicted octanol–water partition coefficient (Wildman–Crippen LogP) is 2.24. The van der Waals surface area contributed by atoms with Crippen LogP contribution in [0.4, 0.5) is 11.5 Å². The third-order valence-corrected chi connectivity index (χ3v) is 3.81. The summed E-state index contributed by atoms with van der Waals surface area (Å²) in [4.78, 5) is 10.6. The van der Waals surface area contributed by atoms with Crippen LogP contribution in [0.15, 0.2) is 4.99 Å². The van der Waals surface area contributed by atoms with Gasteiger partial charge in [-0.2, -0.15) is 5.26 Å². The number of anilines is 1. The standard InChI is InChI=1S/C15H21N5O/c1-5-6-7-20-9-18-13-11(8-16)14(17-4)19-10(2)12(13)15(20,3)21/h9,21H,5-7H2,1-4H3,(H,17,19). The van der Waals surface area contributed by atoms with E-state index in [1.807, 2.05) is 6.92 Å². The Hall–Kier alpha value is -2.13. The van der Waals surface area contributed by atoms with Gasteiger partial charge in [0.05, 0.1) is 17.6 Å². The van der Waals surface area contributed by atoms with Gasteiger partial charge in [0.2, 0.25) is 0 Å². The molecular weight excluding hydrogens is 266 g/mol. The second-order valence-electron chi connectivity index (χ2n) is 5.32. The molecule has 6 heteroatoms. The monoisotopic (exact) mass is 287 g/mol. The van der Waals surface area contributed by atoms with Crippen molar-refractivity contribution in [3.8, 4) is 6.07 Å². The van der Waals surface area contributed by atoms with E-state index >= 15 is 0 Å². The number of aliphatic hydroxyl groups is 1. The lowest BCUT2D eigenvalue weighted by molar-refractivity contribution is -0.0591. The zero-order valence-electron chi connectivity index (χ0n) is 12.9. The molecule has 0 radical (unpaired) electrons. The lowest BCUT2D eigenvalue weighted by Gasteiger charge is -2.40. The average molecular weight is 287 g/mol. The fourth-order valence-corrected chi connectivity index (χ4v) is 2.66. The van der Waals surface area contributed by atoms with Crippen molar-refractivity contribution >= 4 is 17.8 Å². The Morgan fingerprint density at radius 1 is 1.52 bits per heavy atom. The molecule has 1 aromatic rings. The molecule has 6 nitrogen and oxygen atoms in total. The minimum Gasteiger partial charge on any atom is -0.372 e. The highest BCUT2D eigenvalue weighted by molar-refractivity contribution is 5.78. The molecule has 1 aliphatic heterocycles. The molecular formula is C15H21N5O. The zero-order chi connectivity index (χ0) is 15.6. The van der Waals surface area contributed by atoms with E-state index in [0.717, 1.165) is 12.8 Å². The van der Waals surface area contributed by atoms with E-state index in [0.29, 0.717) is 34.9 Å². The van der Waals surface area contributed by atoms with Gasteiger partial charge in [0, 0.05) is 19.3 Å². The predicted molar refractivity (Wildman–Crippen MR) is 82.6 cm³/mol. The van der Waals surface area contributed by atoms with Gasteiger partial charge < -0.3 is 15.3 Å². The van der Waals surface area contributed by atoms with Crippen LogP contribution in [0.5, 0.6) is 0 Å². The third-order valence-electron chi connectivity index (χ3n) is 3.81. The van der Waals surface area contributed by atoms with Crippen molar-refractivity contribution in [2.45, 2.75) is 39.3 Å². The maximum Gasteiger partial charge on any atom is 0.166 e. The summed E-state index contributed by atoms with van der Waals surface area (Å²) >= 11 is 0. The summed E-state index contributed by atoms with van der Waals surface area (Å²) in [5, 5.41) is 23.2. The van der Waals surface area contributed by atoms with Gasteiger partial charge in [0.25, 0.3) is 0 Å². The van der Waals surface area contributed by atoms with E-state index in [9.17, 15) is 10.4 Å². The molecule has 1 aliphatic rings. The van der Waals surface area contributed by atoms with Gasteiger partial charge in [-0.3, -0.25) is 0 Å². The Bertz CT molecular complexity index is 615. The lowest BCUT2D eigenvalue weighted by atomic mass is 9.95. The molecule has 2 N–H and O–H groups in total. The van der Waals surface area contributed by atoms with Gasteiger partial charge in [0.1, 0.15) is 17.5 Å². The van der Waals surface area contributed by atoms with Crippen LogP contribution in [0.2, 0.25) is 0 Å². The topological polar surface area (TPSA) is 84.5 Å². The summed E-state index contributed by atoms with van der Waals surface area (Å²) < 4.78 is 0. The number of hydrogen-bond acceptors (Lipinski definition) is 6. The summed E-state index contributed by atoms with van der Waals surface area (Å²) in [5.74, 6) is 0.490. The molecule has 0 spiro atoms. The van der Waals surface area contributed by atoms with Crippen molar-refractivity contribution < 1.29 is 5.11 Å². The van der Waals surface area contributed by atoms with Crippen LogP contribution < -0.4 is 5.32 Å². The molecule has 2 heterocycles. The van der Waals surface area contributed by atoms with E-state index in [4.69, 9.17) is 0 Å². The van der Waals surface area contributed by atoms with E-state index < -0.39 is 5.72 Å². The Balaban J connectivity index is 2.60. The molecule has 1 unspecified atom stereocenters. The minimum atomic E-state index is -1.21. The number of nitrogens with one attached hydrogen (secondary N) is 1. The number of aromatic nitrogens is 1. The second kappa shape index (κ2) is 5.70. The van der Waals surface area contributed by atoms with Crippen LogP contribution in [-0.2, 0) is 5.72 Å². The Kier molecular flexibility index (Phi) is 4.14. The first kappa shape index (κ1) is 15.3. The molecule has 21 heavy (non-hydrogen) atoms. The van der Waals surface area contributed by atoms with Crippen molar-refractivity contribution in [3.05, 3.63) is 16.8 Å². The average Bonchev–Trinajstić information content (AvgIpc) is 2.45. The van der Waals surface area contributed by atoms with Crippen molar-refractivity contribution in [3.63, 3.8) is 0 Å². The van der Waals surface area contributed by atoms with Gasteiger partial charge in [-0.1, -0.05) is 13.3 Å². The number of aliphatic imine (C=N–C) groups is 1. The summed E-state index contributed by atoms with van der Waals surface area (Å²) in [7, 11) is 1.72. The van der Waals surface area contributed by atoms with Crippen molar-refractivity contribution in [1.29, 1.82) is 5.26 Å². The molecule has 0 bridgehead atoms. The number of rotatable bonds is 4. The number of aryl methyl sites for hydroxylation is 1. The molecule has 0 fully saturated rings. The lowest BCUT2D eigenvalue weighted by Crippen LogP contribution is -2.46. The number of fused-ring (bicyclic) bond motifs is 1. The second-order valence-corrected chi connectivity index (χ2v) is 5.32. The SMILES string of the molecule is CCCCN1C=Nc2c(C#N)c(NC)nc(C)c2C1(C)O. The first-order valence-electron chi connectivity index (χ1n) is 7.13. The maximum atomic E-state index is 10.9. The van der Waals surface area contributed by atoms with Crippen LogP contribution in [-0.4, -0.2) is 34.9 Å². The summed E-state index contributed by atoms with van der Waals surface area (Å²) in [5.41, 5.74) is 0.950. The molecule has 1 atom stereocenters. The molecule has 0 aliphatic carbocycles. The first-order chi connectivity index (χ1) is 9.97. The molecule has 0 amide bonds. The van der Waals surface area contributed by atoms with Gasteiger partial charge in [0.15, 0.2) is 5.72 Å². The number of nitrogens with zero attached hydrogens (tertiary/aromatic N) is 4.